The van der Waals surface area contributed by atoms with Crippen LogP contribution in [0.4, 0.5) is 0 Å². The van der Waals surface area contributed by atoms with E-state index in [0.29, 0.717) is 6.04 Å². The SMILES string of the molecule is c1ccc(CN2CCC(n3cnc4cnc5[nH]ccc5c43)C2)cc1. The number of likely N-dealkylation sites (tertiary alicyclic amines) is 1. The molecule has 5 nitrogen and oxygen atoms in total. The van der Waals surface area contributed by atoms with Crippen LogP contribution in [0.5, 0.6) is 0 Å². The van der Waals surface area contributed by atoms with E-state index in [-0.39, 0.29) is 0 Å². The van der Waals surface area contributed by atoms with E-state index in [4.69, 9.17) is 0 Å². The molecule has 0 radical (unpaired) electrons. The lowest BCUT2D eigenvalue weighted by atomic mass is 10.2. The van der Waals surface area contributed by atoms with Gasteiger partial charge < -0.3 is 9.55 Å². The van der Waals surface area contributed by atoms with Gasteiger partial charge in [-0.3, -0.25) is 4.90 Å². The van der Waals surface area contributed by atoms with Crippen molar-refractivity contribution < 1.29 is 0 Å². The van der Waals surface area contributed by atoms with Crippen molar-refractivity contribution in [1.29, 1.82) is 0 Å². The van der Waals surface area contributed by atoms with Crippen molar-refractivity contribution in [3.8, 4) is 0 Å². The highest BCUT2D eigenvalue weighted by atomic mass is 15.2. The van der Waals surface area contributed by atoms with Gasteiger partial charge in [0, 0.05) is 37.3 Å². The summed E-state index contributed by atoms with van der Waals surface area (Å²) < 4.78 is 2.35. The van der Waals surface area contributed by atoms with Crippen LogP contribution in [0.3, 0.4) is 0 Å². The summed E-state index contributed by atoms with van der Waals surface area (Å²) in [6.07, 6.45) is 6.95. The van der Waals surface area contributed by atoms with Crippen LogP contribution in [0, 0.1) is 0 Å². The van der Waals surface area contributed by atoms with Crippen molar-refractivity contribution in [3.63, 3.8) is 0 Å². The number of benzene rings is 1. The van der Waals surface area contributed by atoms with E-state index in [9.17, 15) is 0 Å². The van der Waals surface area contributed by atoms with E-state index < -0.39 is 0 Å². The second-order valence-electron chi connectivity index (χ2n) is 6.55. The summed E-state index contributed by atoms with van der Waals surface area (Å²) in [5.74, 6) is 0. The van der Waals surface area contributed by atoms with E-state index in [1.165, 1.54) is 11.1 Å². The molecule has 24 heavy (non-hydrogen) atoms. The van der Waals surface area contributed by atoms with Crippen molar-refractivity contribution in [2.75, 3.05) is 13.1 Å². The van der Waals surface area contributed by atoms with Gasteiger partial charge in [0.1, 0.15) is 11.2 Å². The lowest BCUT2D eigenvalue weighted by Gasteiger charge is -2.17. The molecule has 1 fully saturated rings. The Morgan fingerprint density at radius 1 is 1.12 bits per heavy atom. The number of H-pyrrole nitrogens is 1. The van der Waals surface area contributed by atoms with Gasteiger partial charge >= 0.3 is 0 Å². The summed E-state index contributed by atoms with van der Waals surface area (Å²) in [5, 5.41) is 1.16. The quantitative estimate of drug-likeness (QED) is 0.630. The van der Waals surface area contributed by atoms with Gasteiger partial charge in [-0.25, -0.2) is 9.97 Å². The first-order valence-corrected chi connectivity index (χ1v) is 8.43. The first kappa shape index (κ1) is 13.7. The number of aromatic amines is 1. The predicted molar refractivity (Wildman–Crippen MR) is 94.8 cm³/mol. The highest BCUT2D eigenvalue weighted by Crippen LogP contribution is 2.30. The molecule has 1 aliphatic heterocycles. The normalized spacial score (nSPS) is 18.8. The van der Waals surface area contributed by atoms with Gasteiger partial charge in [0.15, 0.2) is 0 Å². The van der Waals surface area contributed by atoms with E-state index >= 15 is 0 Å². The van der Waals surface area contributed by atoms with Crippen LogP contribution >= 0.6 is 0 Å². The van der Waals surface area contributed by atoms with Crippen molar-refractivity contribution >= 4 is 22.1 Å². The lowest BCUT2D eigenvalue weighted by molar-refractivity contribution is 0.317. The van der Waals surface area contributed by atoms with E-state index in [0.717, 1.165) is 42.6 Å². The molecular weight excluding hydrogens is 298 g/mol. The number of hydrogen-bond acceptors (Lipinski definition) is 3. The van der Waals surface area contributed by atoms with Crippen LogP contribution in [-0.2, 0) is 6.54 Å². The number of rotatable bonds is 3. The summed E-state index contributed by atoms with van der Waals surface area (Å²) in [6.45, 7) is 3.21. The fourth-order valence-corrected chi connectivity index (χ4v) is 3.83. The molecule has 0 saturated carbocycles. The van der Waals surface area contributed by atoms with E-state index in [1.807, 2.05) is 18.7 Å². The fourth-order valence-electron chi connectivity index (χ4n) is 3.83. The number of nitrogens with one attached hydrogen (secondary N) is 1. The maximum atomic E-state index is 4.57. The average Bonchev–Trinajstić information content (AvgIpc) is 3.33. The molecule has 0 spiro atoms. The Labute approximate surface area is 139 Å². The zero-order valence-corrected chi connectivity index (χ0v) is 13.4. The molecule has 1 unspecified atom stereocenters. The van der Waals surface area contributed by atoms with Crippen LogP contribution in [0.25, 0.3) is 22.1 Å². The molecular formula is C19H19N5. The first-order chi connectivity index (χ1) is 11.9. The number of aromatic nitrogens is 4. The molecule has 4 aromatic rings. The molecule has 1 N–H and O–H groups in total. The first-order valence-electron chi connectivity index (χ1n) is 8.43. The third-order valence-corrected chi connectivity index (χ3v) is 5.01. The molecule has 0 bridgehead atoms. The number of imidazole rings is 1. The number of pyridine rings is 1. The Balaban J connectivity index is 1.45. The number of nitrogens with zero attached hydrogens (tertiary/aromatic N) is 4. The molecule has 3 aromatic heterocycles. The molecule has 1 saturated heterocycles. The van der Waals surface area contributed by atoms with Gasteiger partial charge in [0.25, 0.3) is 0 Å². The molecule has 5 rings (SSSR count). The molecule has 1 aliphatic rings. The number of hydrogen-bond donors (Lipinski definition) is 1. The largest absolute Gasteiger partial charge is 0.346 e. The van der Waals surface area contributed by atoms with Crippen LogP contribution in [0.1, 0.15) is 18.0 Å². The monoisotopic (exact) mass is 317 g/mol. The zero-order valence-electron chi connectivity index (χ0n) is 13.4. The van der Waals surface area contributed by atoms with Crippen molar-refractivity contribution in [2.45, 2.75) is 19.0 Å². The minimum absolute atomic E-state index is 0.471. The fraction of sp³-hybridized carbons (Fsp3) is 0.263. The van der Waals surface area contributed by atoms with Crippen LogP contribution in [0.15, 0.2) is 55.1 Å². The van der Waals surface area contributed by atoms with Gasteiger partial charge in [-0.2, -0.15) is 0 Å². The van der Waals surface area contributed by atoms with Crippen LogP contribution in [0.2, 0.25) is 0 Å². The van der Waals surface area contributed by atoms with E-state index in [1.54, 1.807) is 0 Å². The third kappa shape index (κ3) is 2.20. The third-order valence-electron chi connectivity index (χ3n) is 5.01. The maximum Gasteiger partial charge on any atom is 0.139 e. The van der Waals surface area contributed by atoms with Gasteiger partial charge in [-0.1, -0.05) is 30.3 Å². The van der Waals surface area contributed by atoms with Gasteiger partial charge in [-0.15, -0.1) is 0 Å². The Morgan fingerprint density at radius 3 is 2.96 bits per heavy atom. The Bertz CT molecular complexity index is 985. The summed E-state index contributed by atoms with van der Waals surface area (Å²) in [7, 11) is 0. The van der Waals surface area contributed by atoms with Crippen LogP contribution in [-0.4, -0.2) is 37.5 Å². The molecule has 5 heteroatoms. The number of fused-ring (bicyclic) bond motifs is 3. The molecule has 0 amide bonds. The van der Waals surface area contributed by atoms with Gasteiger partial charge in [0.2, 0.25) is 0 Å². The van der Waals surface area contributed by atoms with Crippen LogP contribution < -0.4 is 0 Å². The van der Waals surface area contributed by atoms with E-state index in [2.05, 4.69) is 60.8 Å². The summed E-state index contributed by atoms with van der Waals surface area (Å²) >= 11 is 0. The highest BCUT2D eigenvalue weighted by Gasteiger charge is 2.25. The van der Waals surface area contributed by atoms with Crippen molar-refractivity contribution in [1.82, 2.24) is 24.4 Å². The summed E-state index contributed by atoms with van der Waals surface area (Å²) in [4.78, 5) is 14.7. The standard InChI is InChI=1S/C19H19N5/c1-2-4-14(5-3-1)11-23-9-7-15(12-23)24-13-22-17-10-21-19-16(18(17)24)6-8-20-19/h1-6,8,10,13,15H,7,9,11-12H2,(H,20,21). The Hall–Kier alpha value is -2.66. The smallest absolute Gasteiger partial charge is 0.139 e. The molecule has 1 aromatic carbocycles. The summed E-state index contributed by atoms with van der Waals surface area (Å²) in [5.41, 5.74) is 4.49. The van der Waals surface area contributed by atoms with Crippen molar-refractivity contribution in [2.24, 2.45) is 0 Å². The van der Waals surface area contributed by atoms with Crippen molar-refractivity contribution in [3.05, 3.63) is 60.7 Å². The highest BCUT2D eigenvalue weighted by molar-refractivity contribution is 6.00. The molecule has 1 atom stereocenters. The molecule has 0 aliphatic carbocycles. The second kappa shape index (κ2) is 5.46. The lowest BCUT2D eigenvalue weighted by Crippen LogP contribution is -2.21. The minimum Gasteiger partial charge on any atom is -0.346 e. The zero-order chi connectivity index (χ0) is 15.9. The minimum atomic E-state index is 0.471. The molecule has 4 heterocycles. The topological polar surface area (TPSA) is 49.7 Å². The average molecular weight is 317 g/mol. The summed E-state index contributed by atoms with van der Waals surface area (Å²) in [6, 6.07) is 13.3. The second-order valence-corrected chi connectivity index (χ2v) is 6.55. The Morgan fingerprint density at radius 2 is 2.04 bits per heavy atom. The maximum absolute atomic E-state index is 4.57. The Kier molecular flexibility index (Phi) is 3.13. The predicted octanol–water partition coefficient (Wildman–Crippen LogP) is 3.36. The van der Waals surface area contributed by atoms with Gasteiger partial charge in [-0.05, 0) is 18.1 Å². The molecule has 120 valence electrons. The van der Waals surface area contributed by atoms with Gasteiger partial charge in [0.05, 0.1) is 18.0 Å².